The second-order valence-corrected chi connectivity index (χ2v) is 6.26. The van der Waals surface area contributed by atoms with Gasteiger partial charge in [-0.1, -0.05) is 32.3 Å². The van der Waals surface area contributed by atoms with Crippen molar-refractivity contribution in [3.05, 3.63) is 23.8 Å². The summed E-state index contributed by atoms with van der Waals surface area (Å²) in [6.07, 6.45) is 6.47. The van der Waals surface area contributed by atoms with Crippen molar-refractivity contribution < 1.29 is 24.0 Å². The molecule has 1 aromatic carbocycles. The van der Waals surface area contributed by atoms with Gasteiger partial charge in [-0.3, -0.25) is 4.89 Å². The zero-order valence-electron chi connectivity index (χ0n) is 14.9. The monoisotopic (exact) mass is 336 g/mol. The van der Waals surface area contributed by atoms with Crippen LogP contribution in [0.1, 0.15) is 51.0 Å². The highest BCUT2D eigenvalue weighted by Crippen LogP contribution is 2.29. The Morgan fingerprint density at radius 2 is 1.83 bits per heavy atom. The zero-order valence-corrected chi connectivity index (χ0v) is 14.9. The number of carbonyl (C=O) groups excluding carboxylic acids is 1. The molecule has 1 aliphatic carbocycles. The van der Waals surface area contributed by atoms with E-state index in [1.807, 2.05) is 25.1 Å². The van der Waals surface area contributed by atoms with E-state index in [9.17, 15) is 4.79 Å². The topological polar surface area (TPSA) is 54.0 Å². The molecule has 0 N–H and O–H groups in total. The number of methoxy groups -OCH3 is 2. The van der Waals surface area contributed by atoms with Gasteiger partial charge in [0.1, 0.15) is 6.10 Å². The molecule has 0 spiro atoms. The van der Waals surface area contributed by atoms with Gasteiger partial charge in [0.2, 0.25) is 0 Å². The fourth-order valence-corrected chi connectivity index (χ4v) is 3.04. The van der Waals surface area contributed by atoms with Crippen molar-refractivity contribution in [3.8, 4) is 11.5 Å². The molecule has 5 heteroatoms. The molecule has 1 unspecified atom stereocenters. The molecule has 24 heavy (non-hydrogen) atoms. The minimum Gasteiger partial charge on any atom is -0.493 e. The van der Waals surface area contributed by atoms with Gasteiger partial charge in [0.25, 0.3) is 0 Å². The summed E-state index contributed by atoms with van der Waals surface area (Å²) < 4.78 is 10.6. The Labute approximate surface area is 144 Å². The van der Waals surface area contributed by atoms with Crippen molar-refractivity contribution in [2.75, 3.05) is 14.2 Å². The molecule has 1 fully saturated rings. The molecule has 1 aliphatic rings. The van der Waals surface area contributed by atoms with Gasteiger partial charge in [-0.25, -0.2) is 4.79 Å². The minimum atomic E-state index is -0.222. The van der Waals surface area contributed by atoms with E-state index in [2.05, 4.69) is 0 Å². The van der Waals surface area contributed by atoms with Gasteiger partial charge in [-0.15, -0.1) is 0 Å². The lowest BCUT2D eigenvalue weighted by Crippen LogP contribution is -2.24. The van der Waals surface area contributed by atoms with Crippen LogP contribution in [-0.2, 0) is 21.0 Å². The molecule has 0 amide bonds. The molecule has 0 bridgehead atoms. The van der Waals surface area contributed by atoms with Gasteiger partial charge in [-0.05, 0) is 37.0 Å². The summed E-state index contributed by atoms with van der Waals surface area (Å²) in [5, 5.41) is 0. The first kappa shape index (κ1) is 18.6. The molecule has 1 atom stereocenters. The number of benzene rings is 1. The Kier molecular flexibility index (Phi) is 7.37. The van der Waals surface area contributed by atoms with Crippen LogP contribution in [0.15, 0.2) is 18.2 Å². The van der Waals surface area contributed by atoms with E-state index in [4.69, 9.17) is 19.2 Å². The summed E-state index contributed by atoms with van der Waals surface area (Å²) >= 11 is 0. The Bertz CT molecular complexity index is 522. The molecule has 1 aromatic rings. The third-order valence-electron chi connectivity index (χ3n) is 4.57. The van der Waals surface area contributed by atoms with Crippen LogP contribution in [0.3, 0.4) is 0 Å². The first-order valence-corrected chi connectivity index (χ1v) is 8.76. The Morgan fingerprint density at radius 3 is 2.46 bits per heavy atom. The fraction of sp³-hybridized carbons (Fsp3) is 0.632. The van der Waals surface area contributed by atoms with Crippen LogP contribution in [0.5, 0.6) is 11.5 Å². The van der Waals surface area contributed by atoms with Crippen LogP contribution in [-0.4, -0.2) is 26.3 Å². The average molecular weight is 336 g/mol. The summed E-state index contributed by atoms with van der Waals surface area (Å²) in [5.74, 6) is 1.15. The van der Waals surface area contributed by atoms with Crippen LogP contribution < -0.4 is 9.47 Å². The number of hydrogen-bond donors (Lipinski definition) is 0. The second kappa shape index (κ2) is 9.52. The highest BCUT2D eigenvalue weighted by atomic mass is 17.2. The standard InChI is InChI=1S/C19H28O5/c1-4-16(23-24-19(20)15-8-6-5-7-9-15)12-14-10-11-17(21-2)18(13-14)22-3/h10-11,13,15-16H,4-9,12H2,1-3H3. The van der Waals surface area contributed by atoms with Crippen LogP contribution in [0.4, 0.5) is 0 Å². The Morgan fingerprint density at radius 1 is 1.12 bits per heavy atom. The molecule has 1 saturated carbocycles. The van der Waals surface area contributed by atoms with Crippen LogP contribution in [0.2, 0.25) is 0 Å². The third-order valence-corrected chi connectivity index (χ3v) is 4.57. The van der Waals surface area contributed by atoms with Gasteiger partial charge in [0, 0.05) is 6.42 Å². The fourth-order valence-electron chi connectivity index (χ4n) is 3.04. The molecule has 0 saturated heterocycles. The number of carbonyl (C=O) groups is 1. The maximum Gasteiger partial charge on any atom is 0.345 e. The molecule has 134 valence electrons. The summed E-state index contributed by atoms with van der Waals surface area (Å²) in [6, 6.07) is 5.76. The maximum atomic E-state index is 12.1. The van der Waals surface area contributed by atoms with Crippen molar-refractivity contribution in [3.63, 3.8) is 0 Å². The summed E-state index contributed by atoms with van der Waals surface area (Å²) in [5.41, 5.74) is 1.05. The van der Waals surface area contributed by atoms with Crippen molar-refractivity contribution in [1.29, 1.82) is 0 Å². The summed E-state index contributed by atoms with van der Waals surface area (Å²) in [6.45, 7) is 2.01. The van der Waals surface area contributed by atoms with E-state index >= 15 is 0 Å². The van der Waals surface area contributed by atoms with Crippen LogP contribution in [0, 0.1) is 5.92 Å². The summed E-state index contributed by atoms with van der Waals surface area (Å²) in [4.78, 5) is 22.6. The number of ether oxygens (including phenoxy) is 2. The highest BCUT2D eigenvalue weighted by Gasteiger charge is 2.24. The third kappa shape index (κ3) is 5.13. The van der Waals surface area contributed by atoms with Gasteiger partial charge < -0.3 is 9.47 Å². The Balaban J connectivity index is 1.88. The second-order valence-electron chi connectivity index (χ2n) is 6.26. The van der Waals surface area contributed by atoms with E-state index in [1.165, 1.54) is 6.42 Å². The maximum absolute atomic E-state index is 12.1. The Hall–Kier alpha value is -1.75. The van der Waals surface area contributed by atoms with Crippen LogP contribution in [0.25, 0.3) is 0 Å². The van der Waals surface area contributed by atoms with Crippen molar-refractivity contribution in [2.24, 2.45) is 5.92 Å². The summed E-state index contributed by atoms with van der Waals surface area (Å²) in [7, 11) is 3.22. The first-order chi connectivity index (χ1) is 11.7. The van der Waals surface area contributed by atoms with E-state index in [-0.39, 0.29) is 18.0 Å². The van der Waals surface area contributed by atoms with Gasteiger partial charge >= 0.3 is 5.97 Å². The van der Waals surface area contributed by atoms with E-state index < -0.39 is 0 Å². The minimum absolute atomic E-state index is 0.00247. The normalized spacial score (nSPS) is 16.5. The predicted octanol–water partition coefficient (Wildman–Crippen LogP) is 4.08. The zero-order chi connectivity index (χ0) is 17.4. The lowest BCUT2D eigenvalue weighted by Gasteiger charge is -2.21. The molecular weight excluding hydrogens is 308 g/mol. The van der Waals surface area contributed by atoms with Crippen molar-refractivity contribution in [1.82, 2.24) is 0 Å². The lowest BCUT2D eigenvalue weighted by molar-refractivity contribution is -0.301. The molecule has 5 nitrogen and oxygen atoms in total. The van der Waals surface area contributed by atoms with E-state index in [1.54, 1.807) is 14.2 Å². The smallest absolute Gasteiger partial charge is 0.345 e. The predicted molar refractivity (Wildman–Crippen MR) is 91.1 cm³/mol. The molecule has 0 aromatic heterocycles. The molecular formula is C19H28O5. The largest absolute Gasteiger partial charge is 0.493 e. The molecule has 0 aliphatic heterocycles. The first-order valence-electron chi connectivity index (χ1n) is 8.76. The molecule has 0 heterocycles. The quantitative estimate of drug-likeness (QED) is 0.529. The SMILES string of the molecule is CCC(Cc1ccc(OC)c(OC)c1)OOC(=O)C1CCCCC1. The van der Waals surface area contributed by atoms with Gasteiger partial charge in [-0.2, -0.15) is 4.89 Å². The lowest BCUT2D eigenvalue weighted by atomic mass is 9.89. The van der Waals surface area contributed by atoms with Gasteiger partial charge in [0.15, 0.2) is 11.5 Å². The van der Waals surface area contributed by atoms with Crippen molar-refractivity contribution in [2.45, 2.75) is 58.0 Å². The van der Waals surface area contributed by atoms with E-state index in [0.29, 0.717) is 17.9 Å². The number of hydrogen-bond acceptors (Lipinski definition) is 5. The molecule has 2 rings (SSSR count). The van der Waals surface area contributed by atoms with Crippen molar-refractivity contribution >= 4 is 5.97 Å². The van der Waals surface area contributed by atoms with Crippen LogP contribution >= 0.6 is 0 Å². The molecule has 0 radical (unpaired) electrons. The average Bonchev–Trinajstić information content (AvgIpc) is 2.65. The van der Waals surface area contributed by atoms with Gasteiger partial charge in [0.05, 0.1) is 20.1 Å². The highest BCUT2D eigenvalue weighted by molar-refractivity contribution is 5.71. The van der Waals surface area contributed by atoms with E-state index in [0.717, 1.165) is 37.7 Å². The number of rotatable bonds is 8.